The summed E-state index contributed by atoms with van der Waals surface area (Å²) >= 11 is 1.70. The van der Waals surface area contributed by atoms with Gasteiger partial charge in [-0.3, -0.25) is 0 Å². The fourth-order valence-corrected chi connectivity index (χ4v) is 3.71. The fraction of sp³-hybridized carbons (Fsp3) is 0.800. The zero-order chi connectivity index (χ0) is 13.6. The normalized spacial score (nSPS) is 19.8. The summed E-state index contributed by atoms with van der Waals surface area (Å²) in [5.74, 6) is 0.889. The molecular weight excluding hydrogens is 256 g/mol. The third-order valence-electron chi connectivity index (χ3n) is 3.93. The Labute approximate surface area is 119 Å². The number of rotatable bonds is 5. The Morgan fingerprint density at radius 1 is 1.26 bits per heavy atom. The van der Waals surface area contributed by atoms with Gasteiger partial charge in [0.15, 0.2) is 5.13 Å². The lowest BCUT2D eigenvalue weighted by Gasteiger charge is -2.21. The minimum atomic E-state index is 0.0155. The topological polar surface area (TPSA) is 36.4 Å². The summed E-state index contributed by atoms with van der Waals surface area (Å²) < 4.78 is 0. The van der Waals surface area contributed by atoms with Crippen LogP contribution in [-0.2, 0) is 12.0 Å². The quantitative estimate of drug-likeness (QED) is 0.899. The maximum Gasteiger partial charge on any atom is 0.186 e. The molecule has 3 nitrogen and oxygen atoms in total. The molecule has 0 atom stereocenters. The molecule has 0 radical (unpaired) electrons. The van der Waals surface area contributed by atoms with Gasteiger partial charge in [0, 0.05) is 18.0 Å². The SMILES string of the molecule is CC(C)(C)c1nc(N(CC2CC2)C2CC2)sc1CO. The van der Waals surface area contributed by atoms with Crippen molar-refractivity contribution in [2.45, 2.75) is 64.5 Å². The zero-order valence-electron chi connectivity index (χ0n) is 12.1. The standard InChI is InChI=1S/C15H24N2OS/c1-15(2,3)13-12(9-18)19-14(16-13)17(11-6-7-11)8-10-4-5-10/h10-11,18H,4-9H2,1-3H3. The van der Waals surface area contributed by atoms with Crippen molar-refractivity contribution in [2.24, 2.45) is 5.92 Å². The molecule has 1 aromatic rings. The number of hydrogen-bond acceptors (Lipinski definition) is 4. The van der Waals surface area contributed by atoms with Crippen LogP contribution in [0.3, 0.4) is 0 Å². The van der Waals surface area contributed by atoms with Crippen molar-refractivity contribution in [1.29, 1.82) is 0 Å². The summed E-state index contributed by atoms with van der Waals surface area (Å²) in [5.41, 5.74) is 1.10. The predicted molar refractivity (Wildman–Crippen MR) is 79.8 cm³/mol. The van der Waals surface area contributed by atoms with E-state index in [-0.39, 0.29) is 12.0 Å². The van der Waals surface area contributed by atoms with E-state index in [1.54, 1.807) is 11.3 Å². The van der Waals surface area contributed by atoms with Crippen molar-refractivity contribution >= 4 is 16.5 Å². The van der Waals surface area contributed by atoms with Crippen LogP contribution in [0.25, 0.3) is 0 Å². The molecule has 1 N–H and O–H groups in total. The first kappa shape index (κ1) is 13.4. The Kier molecular flexibility index (Phi) is 3.34. The van der Waals surface area contributed by atoms with Gasteiger partial charge in [0.1, 0.15) is 0 Å². The predicted octanol–water partition coefficient (Wildman–Crippen LogP) is 3.31. The molecule has 2 aliphatic carbocycles. The highest BCUT2D eigenvalue weighted by molar-refractivity contribution is 7.15. The van der Waals surface area contributed by atoms with Crippen LogP contribution in [0.1, 0.15) is 57.0 Å². The number of thiazole rings is 1. The van der Waals surface area contributed by atoms with Gasteiger partial charge < -0.3 is 10.0 Å². The van der Waals surface area contributed by atoms with Crippen LogP contribution < -0.4 is 4.90 Å². The highest BCUT2D eigenvalue weighted by Gasteiger charge is 2.36. The molecule has 0 unspecified atom stereocenters. The highest BCUT2D eigenvalue weighted by Crippen LogP contribution is 2.41. The van der Waals surface area contributed by atoms with Crippen molar-refractivity contribution < 1.29 is 5.11 Å². The van der Waals surface area contributed by atoms with Crippen LogP contribution in [0, 0.1) is 5.92 Å². The van der Waals surface area contributed by atoms with Gasteiger partial charge in [-0.25, -0.2) is 4.98 Å². The third kappa shape index (κ3) is 2.95. The fourth-order valence-electron chi connectivity index (χ4n) is 2.50. The van der Waals surface area contributed by atoms with E-state index in [0.717, 1.165) is 21.6 Å². The summed E-state index contributed by atoms with van der Waals surface area (Å²) in [6, 6.07) is 0.714. The number of aromatic nitrogens is 1. The van der Waals surface area contributed by atoms with Crippen molar-refractivity contribution in [3.63, 3.8) is 0 Å². The summed E-state index contributed by atoms with van der Waals surface area (Å²) in [6.45, 7) is 7.81. The number of aliphatic hydroxyl groups is 1. The second-order valence-corrected chi connectivity index (χ2v) is 8.07. The van der Waals surface area contributed by atoms with Crippen molar-refractivity contribution in [1.82, 2.24) is 4.98 Å². The summed E-state index contributed by atoms with van der Waals surface area (Å²) in [5, 5.41) is 10.7. The Morgan fingerprint density at radius 2 is 1.95 bits per heavy atom. The molecule has 2 fully saturated rings. The smallest absolute Gasteiger partial charge is 0.186 e. The van der Waals surface area contributed by atoms with Gasteiger partial charge in [-0.15, -0.1) is 0 Å². The van der Waals surface area contributed by atoms with Gasteiger partial charge in [0.05, 0.1) is 17.2 Å². The van der Waals surface area contributed by atoms with E-state index in [1.165, 1.54) is 32.2 Å². The molecule has 1 heterocycles. The van der Waals surface area contributed by atoms with Crippen LogP contribution in [0.4, 0.5) is 5.13 Å². The van der Waals surface area contributed by atoms with E-state index in [0.29, 0.717) is 6.04 Å². The van der Waals surface area contributed by atoms with Gasteiger partial charge >= 0.3 is 0 Å². The van der Waals surface area contributed by atoms with Gasteiger partial charge in [-0.1, -0.05) is 32.1 Å². The van der Waals surface area contributed by atoms with Gasteiger partial charge in [-0.2, -0.15) is 0 Å². The van der Waals surface area contributed by atoms with Gasteiger partial charge in [-0.05, 0) is 31.6 Å². The first-order chi connectivity index (χ1) is 8.99. The maximum atomic E-state index is 9.58. The molecule has 0 aromatic carbocycles. The maximum absolute atomic E-state index is 9.58. The summed E-state index contributed by atoms with van der Waals surface area (Å²) in [4.78, 5) is 8.44. The third-order valence-corrected chi connectivity index (χ3v) is 5.00. The Balaban J connectivity index is 1.87. The van der Waals surface area contributed by atoms with E-state index in [4.69, 9.17) is 4.98 Å². The molecule has 0 saturated heterocycles. The minimum Gasteiger partial charge on any atom is -0.391 e. The molecule has 106 valence electrons. The van der Waals surface area contributed by atoms with Crippen LogP contribution >= 0.6 is 11.3 Å². The lowest BCUT2D eigenvalue weighted by molar-refractivity contribution is 0.282. The molecule has 0 amide bonds. The minimum absolute atomic E-state index is 0.0155. The summed E-state index contributed by atoms with van der Waals surface area (Å²) in [6.07, 6.45) is 5.39. The Hall–Kier alpha value is -0.610. The van der Waals surface area contributed by atoms with E-state index < -0.39 is 0 Å². The van der Waals surface area contributed by atoms with Crippen molar-refractivity contribution in [3.05, 3.63) is 10.6 Å². The molecule has 0 bridgehead atoms. The zero-order valence-corrected chi connectivity index (χ0v) is 13.0. The van der Waals surface area contributed by atoms with E-state index in [2.05, 4.69) is 25.7 Å². The number of nitrogens with zero attached hydrogens (tertiary/aromatic N) is 2. The largest absolute Gasteiger partial charge is 0.391 e. The van der Waals surface area contributed by atoms with E-state index >= 15 is 0 Å². The Bertz CT molecular complexity index is 455. The second-order valence-electron chi connectivity index (χ2n) is 7.00. The van der Waals surface area contributed by atoms with Crippen LogP contribution in [0.2, 0.25) is 0 Å². The summed E-state index contributed by atoms with van der Waals surface area (Å²) in [7, 11) is 0. The highest BCUT2D eigenvalue weighted by atomic mass is 32.1. The molecule has 2 aliphatic rings. The van der Waals surface area contributed by atoms with E-state index in [1.807, 2.05) is 0 Å². The van der Waals surface area contributed by atoms with Crippen LogP contribution in [-0.4, -0.2) is 22.7 Å². The molecule has 19 heavy (non-hydrogen) atoms. The number of hydrogen-bond donors (Lipinski definition) is 1. The first-order valence-electron chi connectivity index (χ1n) is 7.36. The van der Waals surface area contributed by atoms with Crippen LogP contribution in [0.5, 0.6) is 0 Å². The molecule has 0 spiro atoms. The molecule has 3 rings (SSSR count). The molecular formula is C15H24N2OS. The lowest BCUT2D eigenvalue weighted by Crippen LogP contribution is -2.28. The average molecular weight is 280 g/mol. The van der Waals surface area contributed by atoms with Gasteiger partial charge in [0.25, 0.3) is 0 Å². The van der Waals surface area contributed by atoms with Crippen molar-refractivity contribution in [3.8, 4) is 0 Å². The van der Waals surface area contributed by atoms with Gasteiger partial charge in [0.2, 0.25) is 0 Å². The Morgan fingerprint density at radius 3 is 2.37 bits per heavy atom. The lowest BCUT2D eigenvalue weighted by atomic mass is 9.91. The number of anilines is 1. The second kappa shape index (κ2) is 4.74. The molecule has 0 aliphatic heterocycles. The van der Waals surface area contributed by atoms with Crippen LogP contribution in [0.15, 0.2) is 0 Å². The monoisotopic (exact) mass is 280 g/mol. The van der Waals surface area contributed by atoms with Crippen molar-refractivity contribution in [2.75, 3.05) is 11.4 Å². The van der Waals surface area contributed by atoms with E-state index in [9.17, 15) is 5.11 Å². The molecule has 1 aromatic heterocycles. The number of aliphatic hydroxyl groups excluding tert-OH is 1. The molecule has 2 saturated carbocycles. The first-order valence-corrected chi connectivity index (χ1v) is 8.18. The molecule has 4 heteroatoms. The average Bonchev–Trinajstić information content (AvgIpc) is 3.22.